The molecular formula is C14H13F3I2O5. The van der Waals surface area contributed by atoms with Crippen molar-refractivity contribution < 1.29 is 37.3 Å². The van der Waals surface area contributed by atoms with E-state index in [4.69, 9.17) is 14.6 Å². The minimum atomic E-state index is -4.96. The number of carboxylic acids is 1. The van der Waals surface area contributed by atoms with Gasteiger partial charge in [0.15, 0.2) is 5.92 Å². The number of rotatable bonds is 6. The van der Waals surface area contributed by atoms with E-state index in [9.17, 15) is 22.8 Å². The second-order valence-corrected chi connectivity index (χ2v) is 7.37. The minimum absolute atomic E-state index is 0.0497. The molecule has 0 aliphatic carbocycles. The fourth-order valence-corrected chi connectivity index (χ4v) is 3.61. The first kappa shape index (κ1) is 21.3. The Labute approximate surface area is 163 Å². The molecule has 134 valence electrons. The van der Waals surface area contributed by atoms with E-state index in [1.807, 2.05) is 22.6 Å². The van der Waals surface area contributed by atoms with Crippen molar-refractivity contribution in [3.05, 3.63) is 24.8 Å². The monoisotopic (exact) mass is 572 g/mol. The van der Waals surface area contributed by atoms with Crippen LogP contribution >= 0.6 is 45.2 Å². The van der Waals surface area contributed by atoms with Crippen molar-refractivity contribution >= 4 is 57.1 Å². The van der Waals surface area contributed by atoms with Crippen molar-refractivity contribution in [1.29, 1.82) is 0 Å². The fraction of sp³-hybridized carbons (Fsp3) is 0.429. The third-order valence-electron chi connectivity index (χ3n) is 2.66. The maximum Gasteiger partial charge on any atom is 0.405 e. The zero-order valence-corrected chi connectivity index (χ0v) is 16.8. The molecule has 0 radical (unpaired) electrons. The fourth-order valence-electron chi connectivity index (χ4n) is 1.61. The Morgan fingerprint density at radius 1 is 1.25 bits per heavy atom. The smallest absolute Gasteiger partial charge is 0.405 e. The summed E-state index contributed by atoms with van der Waals surface area (Å²) >= 11 is 3.74. The predicted octanol–water partition coefficient (Wildman–Crippen LogP) is 4.10. The largest absolute Gasteiger partial charge is 0.490 e. The van der Waals surface area contributed by atoms with E-state index in [1.54, 1.807) is 42.5 Å². The topological polar surface area (TPSA) is 72.8 Å². The minimum Gasteiger partial charge on any atom is -0.490 e. The first-order valence-electron chi connectivity index (χ1n) is 6.55. The summed E-state index contributed by atoms with van der Waals surface area (Å²) in [5.41, 5.74) is -0.0497. The van der Waals surface area contributed by atoms with Crippen LogP contribution in [-0.2, 0) is 9.53 Å². The summed E-state index contributed by atoms with van der Waals surface area (Å²) in [5.74, 6) is -5.62. The third-order valence-corrected chi connectivity index (χ3v) is 4.08. The molecule has 1 rings (SSSR count). The highest BCUT2D eigenvalue weighted by Gasteiger charge is 2.46. The Hall–Kier alpha value is -0.790. The van der Waals surface area contributed by atoms with Crippen molar-refractivity contribution in [2.75, 3.05) is 6.61 Å². The number of carbonyl (C=O) groups is 2. The van der Waals surface area contributed by atoms with E-state index < -0.39 is 36.7 Å². The summed E-state index contributed by atoms with van der Waals surface area (Å²) in [6.45, 7) is 2.11. The van der Waals surface area contributed by atoms with Crippen molar-refractivity contribution in [3.8, 4) is 5.75 Å². The molecule has 0 amide bonds. The van der Waals surface area contributed by atoms with Gasteiger partial charge in [-0.3, -0.25) is 4.79 Å². The zero-order chi connectivity index (χ0) is 18.7. The van der Waals surface area contributed by atoms with Crippen LogP contribution in [0.15, 0.2) is 12.1 Å². The number of aliphatic carboxylic acids is 1. The van der Waals surface area contributed by atoms with Gasteiger partial charge in [0.1, 0.15) is 17.9 Å². The van der Waals surface area contributed by atoms with Gasteiger partial charge in [0, 0.05) is 3.57 Å². The van der Waals surface area contributed by atoms with Crippen LogP contribution in [0.3, 0.4) is 0 Å². The maximum atomic E-state index is 12.7. The number of hydrogen-bond donors (Lipinski definition) is 1. The SMILES string of the molecule is CC(C)OC(=O)c1cc(I)cc(I)c1OCC(C(=O)O)C(F)(F)F. The molecule has 24 heavy (non-hydrogen) atoms. The molecule has 1 N–H and O–H groups in total. The van der Waals surface area contributed by atoms with Gasteiger partial charge in [-0.05, 0) is 71.2 Å². The molecule has 10 heteroatoms. The van der Waals surface area contributed by atoms with E-state index >= 15 is 0 Å². The molecule has 1 unspecified atom stereocenters. The maximum absolute atomic E-state index is 12.7. The van der Waals surface area contributed by atoms with Crippen LogP contribution in [0.25, 0.3) is 0 Å². The van der Waals surface area contributed by atoms with Gasteiger partial charge >= 0.3 is 18.1 Å². The summed E-state index contributed by atoms with van der Waals surface area (Å²) < 4.78 is 49.3. The average molecular weight is 572 g/mol. The van der Waals surface area contributed by atoms with E-state index in [0.29, 0.717) is 7.14 Å². The lowest BCUT2D eigenvalue weighted by Crippen LogP contribution is -2.35. The standard InChI is InChI=1S/C14H13F3I2O5/c1-6(2)24-13(22)8-3-7(18)4-10(19)11(8)23-5-9(12(20)21)14(15,16)17/h3-4,6,9H,5H2,1-2H3,(H,20,21). The summed E-state index contributed by atoms with van der Waals surface area (Å²) in [7, 11) is 0. The molecule has 0 aliphatic rings. The molecule has 5 nitrogen and oxygen atoms in total. The number of esters is 1. The molecule has 0 spiro atoms. The Kier molecular flexibility index (Phi) is 7.56. The Bertz CT molecular complexity index is 632. The van der Waals surface area contributed by atoms with Crippen LogP contribution in [0.1, 0.15) is 24.2 Å². The van der Waals surface area contributed by atoms with Crippen LogP contribution in [-0.4, -0.2) is 35.9 Å². The molecule has 0 saturated carbocycles. The molecule has 0 heterocycles. The summed E-state index contributed by atoms with van der Waals surface area (Å²) in [5, 5.41) is 8.70. The van der Waals surface area contributed by atoms with Crippen LogP contribution < -0.4 is 4.74 Å². The highest BCUT2D eigenvalue weighted by atomic mass is 127. The van der Waals surface area contributed by atoms with Gasteiger partial charge in [-0.1, -0.05) is 0 Å². The van der Waals surface area contributed by atoms with E-state index in [-0.39, 0.29) is 11.3 Å². The number of benzene rings is 1. The zero-order valence-electron chi connectivity index (χ0n) is 12.5. The van der Waals surface area contributed by atoms with Gasteiger partial charge in [-0.25, -0.2) is 4.79 Å². The third kappa shape index (κ3) is 5.93. The van der Waals surface area contributed by atoms with Gasteiger partial charge < -0.3 is 14.6 Å². The van der Waals surface area contributed by atoms with E-state index in [0.717, 1.165) is 0 Å². The van der Waals surface area contributed by atoms with Crippen molar-refractivity contribution in [3.63, 3.8) is 0 Å². The number of hydrogen-bond acceptors (Lipinski definition) is 4. The highest BCUT2D eigenvalue weighted by Crippen LogP contribution is 2.32. The van der Waals surface area contributed by atoms with Gasteiger partial charge in [0.25, 0.3) is 0 Å². The molecule has 1 atom stereocenters. The van der Waals surface area contributed by atoms with Gasteiger partial charge in [-0.2, -0.15) is 13.2 Å². The second-order valence-electron chi connectivity index (χ2n) is 4.96. The number of alkyl halides is 3. The van der Waals surface area contributed by atoms with Crippen molar-refractivity contribution in [2.24, 2.45) is 5.92 Å². The normalized spacial score (nSPS) is 12.8. The summed E-state index contributed by atoms with van der Waals surface area (Å²) in [6, 6.07) is 3.00. The number of ether oxygens (including phenoxy) is 2. The molecular weight excluding hydrogens is 559 g/mol. The average Bonchev–Trinajstić information content (AvgIpc) is 2.37. The second kappa shape index (κ2) is 8.54. The van der Waals surface area contributed by atoms with Crippen LogP contribution in [0, 0.1) is 13.1 Å². The Morgan fingerprint density at radius 3 is 2.29 bits per heavy atom. The number of halogens is 5. The Morgan fingerprint density at radius 2 is 1.83 bits per heavy atom. The number of carboxylic acid groups (broad SMARTS) is 1. The quantitative estimate of drug-likeness (QED) is 0.411. The lowest BCUT2D eigenvalue weighted by atomic mass is 10.1. The molecule has 1 aromatic rings. The Balaban J connectivity index is 3.14. The molecule has 0 bridgehead atoms. The lowest BCUT2D eigenvalue weighted by Gasteiger charge is -2.19. The molecule has 1 aromatic carbocycles. The first-order chi connectivity index (χ1) is 10.9. The molecule has 0 fully saturated rings. The van der Waals surface area contributed by atoms with Crippen molar-refractivity contribution in [1.82, 2.24) is 0 Å². The summed E-state index contributed by atoms with van der Waals surface area (Å²) in [6.07, 6.45) is -5.39. The van der Waals surface area contributed by atoms with Crippen LogP contribution in [0.5, 0.6) is 5.75 Å². The van der Waals surface area contributed by atoms with Gasteiger partial charge in [0.05, 0.1) is 9.67 Å². The number of carbonyl (C=O) groups excluding carboxylic acids is 1. The van der Waals surface area contributed by atoms with Gasteiger partial charge in [0.2, 0.25) is 0 Å². The highest BCUT2D eigenvalue weighted by molar-refractivity contribution is 14.1. The first-order valence-corrected chi connectivity index (χ1v) is 8.71. The molecule has 0 saturated heterocycles. The molecule has 0 aromatic heterocycles. The lowest BCUT2D eigenvalue weighted by molar-refractivity contribution is -0.198. The van der Waals surface area contributed by atoms with Gasteiger partial charge in [-0.15, -0.1) is 0 Å². The van der Waals surface area contributed by atoms with Crippen LogP contribution in [0.2, 0.25) is 0 Å². The van der Waals surface area contributed by atoms with E-state index in [1.165, 1.54) is 6.07 Å². The van der Waals surface area contributed by atoms with Crippen molar-refractivity contribution in [2.45, 2.75) is 26.1 Å². The van der Waals surface area contributed by atoms with E-state index in [2.05, 4.69) is 0 Å². The van der Waals surface area contributed by atoms with Crippen LogP contribution in [0.4, 0.5) is 13.2 Å². The predicted molar refractivity (Wildman–Crippen MR) is 95.1 cm³/mol. The molecule has 0 aliphatic heterocycles. The summed E-state index contributed by atoms with van der Waals surface area (Å²) in [4.78, 5) is 22.9.